The van der Waals surface area contributed by atoms with Crippen LogP contribution in [0.4, 0.5) is 5.82 Å². The summed E-state index contributed by atoms with van der Waals surface area (Å²) in [5, 5.41) is 1.96. The van der Waals surface area contributed by atoms with Gasteiger partial charge in [0.1, 0.15) is 5.82 Å². The lowest BCUT2D eigenvalue weighted by Crippen LogP contribution is -2.23. The number of aromatic nitrogens is 1. The molecule has 2 heterocycles. The molecule has 0 atom stereocenters. The van der Waals surface area contributed by atoms with Crippen LogP contribution in [0.15, 0.2) is 34.7 Å². The number of aryl methyl sites for hydroxylation is 1. The van der Waals surface area contributed by atoms with E-state index in [4.69, 9.17) is 5.84 Å². The third-order valence-electron chi connectivity index (χ3n) is 2.83. The Labute approximate surface area is 122 Å². The average Bonchev–Trinajstić information content (AvgIpc) is 2.93. The van der Waals surface area contributed by atoms with Crippen molar-refractivity contribution < 1.29 is 8.42 Å². The number of sulfonamides is 1. The van der Waals surface area contributed by atoms with E-state index >= 15 is 0 Å². The SMILES string of the molecule is CCc1ccsc1CNS(=O)(=O)c1ccnc(NN)c1. The molecule has 8 heteroatoms. The number of nitrogens with one attached hydrogen (secondary N) is 2. The number of hydrogen-bond donors (Lipinski definition) is 3. The fraction of sp³-hybridized carbons (Fsp3) is 0.250. The van der Waals surface area contributed by atoms with Gasteiger partial charge in [0, 0.05) is 23.7 Å². The summed E-state index contributed by atoms with van der Waals surface area (Å²) in [6, 6.07) is 4.83. The van der Waals surface area contributed by atoms with Crippen molar-refractivity contribution in [3.63, 3.8) is 0 Å². The molecule has 4 N–H and O–H groups in total. The van der Waals surface area contributed by atoms with Crippen molar-refractivity contribution in [2.45, 2.75) is 24.8 Å². The monoisotopic (exact) mass is 312 g/mol. The molecule has 0 saturated heterocycles. The largest absolute Gasteiger partial charge is 0.308 e. The van der Waals surface area contributed by atoms with Crippen molar-refractivity contribution in [3.8, 4) is 0 Å². The predicted molar refractivity (Wildman–Crippen MR) is 79.8 cm³/mol. The lowest BCUT2D eigenvalue weighted by molar-refractivity contribution is 0.581. The Morgan fingerprint density at radius 3 is 2.90 bits per heavy atom. The summed E-state index contributed by atoms with van der Waals surface area (Å²) in [7, 11) is -3.57. The highest BCUT2D eigenvalue weighted by atomic mass is 32.2. The van der Waals surface area contributed by atoms with Crippen LogP contribution in [0, 0.1) is 0 Å². The second-order valence-electron chi connectivity index (χ2n) is 4.07. The van der Waals surface area contributed by atoms with E-state index in [2.05, 4.69) is 15.1 Å². The minimum atomic E-state index is -3.57. The summed E-state index contributed by atoms with van der Waals surface area (Å²) in [6.45, 7) is 2.33. The Bertz CT molecular complexity index is 682. The van der Waals surface area contributed by atoms with Gasteiger partial charge >= 0.3 is 0 Å². The van der Waals surface area contributed by atoms with Gasteiger partial charge in [-0.1, -0.05) is 6.92 Å². The van der Waals surface area contributed by atoms with E-state index in [0.29, 0.717) is 5.82 Å². The maximum absolute atomic E-state index is 12.2. The molecule has 0 spiro atoms. The molecule has 0 aliphatic rings. The van der Waals surface area contributed by atoms with E-state index in [9.17, 15) is 8.42 Å². The predicted octanol–water partition coefficient (Wildman–Crippen LogP) is 1.47. The highest BCUT2D eigenvalue weighted by molar-refractivity contribution is 7.89. The second-order valence-corrected chi connectivity index (χ2v) is 6.84. The number of nitrogen functional groups attached to an aromatic ring is 1. The number of pyridine rings is 1. The molecule has 108 valence electrons. The smallest absolute Gasteiger partial charge is 0.241 e. The lowest BCUT2D eigenvalue weighted by Gasteiger charge is -2.08. The third-order valence-corrected chi connectivity index (χ3v) is 5.19. The minimum absolute atomic E-state index is 0.134. The molecule has 6 nitrogen and oxygen atoms in total. The van der Waals surface area contributed by atoms with Gasteiger partial charge in [-0.3, -0.25) is 0 Å². The van der Waals surface area contributed by atoms with Crippen LogP contribution in [-0.4, -0.2) is 13.4 Å². The number of nitrogens with two attached hydrogens (primary N) is 1. The number of rotatable bonds is 6. The molecule has 0 radical (unpaired) electrons. The van der Waals surface area contributed by atoms with Gasteiger partial charge in [0.25, 0.3) is 0 Å². The van der Waals surface area contributed by atoms with Crippen LogP contribution >= 0.6 is 11.3 Å². The quantitative estimate of drug-likeness (QED) is 0.554. The van der Waals surface area contributed by atoms with Gasteiger partial charge in [0.15, 0.2) is 0 Å². The first-order chi connectivity index (χ1) is 9.56. The van der Waals surface area contributed by atoms with Crippen LogP contribution in [0.25, 0.3) is 0 Å². The molecule has 2 aromatic heterocycles. The zero-order valence-electron chi connectivity index (χ0n) is 11.0. The lowest BCUT2D eigenvalue weighted by atomic mass is 10.2. The van der Waals surface area contributed by atoms with Gasteiger partial charge in [-0.25, -0.2) is 24.0 Å². The van der Waals surface area contributed by atoms with Crippen molar-refractivity contribution in [3.05, 3.63) is 40.2 Å². The zero-order chi connectivity index (χ0) is 14.6. The fourth-order valence-electron chi connectivity index (χ4n) is 1.74. The number of anilines is 1. The van der Waals surface area contributed by atoms with Gasteiger partial charge in [-0.2, -0.15) is 0 Å². The first-order valence-electron chi connectivity index (χ1n) is 6.04. The summed E-state index contributed by atoms with van der Waals surface area (Å²) < 4.78 is 27.0. The molecular formula is C12H16N4O2S2. The highest BCUT2D eigenvalue weighted by Crippen LogP contribution is 2.18. The fourth-order valence-corrected chi connectivity index (χ4v) is 3.75. The van der Waals surface area contributed by atoms with Crippen molar-refractivity contribution in [2.24, 2.45) is 5.84 Å². The molecule has 0 aromatic carbocycles. The number of hydrazine groups is 1. The van der Waals surface area contributed by atoms with E-state index in [1.54, 1.807) is 11.3 Å². The van der Waals surface area contributed by atoms with E-state index in [1.165, 1.54) is 18.3 Å². The van der Waals surface area contributed by atoms with Gasteiger partial charge in [-0.15, -0.1) is 11.3 Å². The molecular weight excluding hydrogens is 296 g/mol. The Hall–Kier alpha value is -1.48. The Kier molecular flexibility index (Phi) is 4.71. The maximum Gasteiger partial charge on any atom is 0.241 e. The first-order valence-corrected chi connectivity index (χ1v) is 8.40. The summed E-state index contributed by atoms with van der Waals surface area (Å²) in [4.78, 5) is 5.05. The van der Waals surface area contributed by atoms with Gasteiger partial charge in [0.05, 0.1) is 4.90 Å². The molecule has 0 saturated carbocycles. The van der Waals surface area contributed by atoms with Crippen LogP contribution in [0.1, 0.15) is 17.4 Å². The van der Waals surface area contributed by atoms with Crippen molar-refractivity contribution >= 4 is 27.2 Å². The summed E-state index contributed by atoms with van der Waals surface area (Å²) >= 11 is 1.55. The molecule has 0 amide bonds. The van der Waals surface area contributed by atoms with Crippen molar-refractivity contribution in [2.75, 3.05) is 5.43 Å². The molecule has 0 unspecified atom stereocenters. The number of nitrogens with zero attached hydrogens (tertiary/aromatic N) is 1. The average molecular weight is 312 g/mol. The molecule has 2 rings (SSSR count). The Morgan fingerprint density at radius 2 is 2.20 bits per heavy atom. The number of hydrogen-bond acceptors (Lipinski definition) is 6. The third kappa shape index (κ3) is 3.34. The van der Waals surface area contributed by atoms with E-state index < -0.39 is 10.0 Å². The maximum atomic E-state index is 12.2. The normalized spacial score (nSPS) is 11.5. The molecule has 2 aromatic rings. The van der Waals surface area contributed by atoms with Crippen LogP contribution in [0.3, 0.4) is 0 Å². The van der Waals surface area contributed by atoms with Crippen LogP contribution < -0.4 is 16.0 Å². The summed E-state index contributed by atoms with van der Waals surface area (Å²) in [5.74, 6) is 5.53. The zero-order valence-corrected chi connectivity index (χ0v) is 12.6. The van der Waals surface area contributed by atoms with Crippen molar-refractivity contribution in [1.29, 1.82) is 0 Å². The highest BCUT2D eigenvalue weighted by Gasteiger charge is 2.15. The molecule has 0 aliphatic heterocycles. The van der Waals surface area contributed by atoms with E-state index in [-0.39, 0.29) is 11.4 Å². The van der Waals surface area contributed by atoms with Crippen molar-refractivity contribution in [1.82, 2.24) is 9.71 Å². The van der Waals surface area contributed by atoms with Gasteiger partial charge in [0.2, 0.25) is 10.0 Å². The Morgan fingerprint density at radius 1 is 1.40 bits per heavy atom. The van der Waals surface area contributed by atoms with Gasteiger partial charge in [-0.05, 0) is 29.5 Å². The summed E-state index contributed by atoms with van der Waals surface area (Å²) in [5.41, 5.74) is 3.49. The first kappa shape index (κ1) is 14.9. The molecule has 20 heavy (non-hydrogen) atoms. The van der Waals surface area contributed by atoms with Crippen LogP contribution in [0.5, 0.6) is 0 Å². The van der Waals surface area contributed by atoms with Gasteiger partial charge < -0.3 is 5.43 Å². The standard InChI is InChI=1S/C12H16N4O2S2/c1-2-9-4-6-19-11(9)8-15-20(17,18)10-3-5-14-12(7-10)16-13/h3-7,15H,2,8,13H2,1H3,(H,14,16). The molecule has 0 fully saturated rings. The molecule has 0 aliphatic carbocycles. The topological polar surface area (TPSA) is 97.1 Å². The Balaban J connectivity index is 2.15. The van der Waals surface area contributed by atoms with E-state index in [1.807, 2.05) is 18.4 Å². The van der Waals surface area contributed by atoms with E-state index in [0.717, 1.165) is 16.9 Å². The van der Waals surface area contributed by atoms with Crippen LogP contribution in [0.2, 0.25) is 0 Å². The number of thiophene rings is 1. The molecule has 0 bridgehead atoms. The van der Waals surface area contributed by atoms with Crippen LogP contribution in [-0.2, 0) is 23.0 Å². The second kappa shape index (κ2) is 6.31. The summed E-state index contributed by atoms with van der Waals surface area (Å²) in [6.07, 6.45) is 2.28. The minimum Gasteiger partial charge on any atom is -0.308 e.